The van der Waals surface area contributed by atoms with Crippen LogP contribution in [0, 0.1) is 5.92 Å². The van der Waals surface area contributed by atoms with Crippen molar-refractivity contribution in [2.75, 3.05) is 26.7 Å². The SMILES string of the molecule is COc1ccc(C(=O)N[C@@H](C(=O)NC[C@H](c2ccccc2Cl)N2CCCC2)C(C)C)cc1. The van der Waals surface area contributed by atoms with E-state index in [-0.39, 0.29) is 23.8 Å². The molecule has 2 N–H and O–H groups in total. The molecule has 2 aromatic rings. The minimum absolute atomic E-state index is 0.000233. The molecule has 7 heteroatoms. The lowest BCUT2D eigenvalue weighted by atomic mass is 10.0. The van der Waals surface area contributed by atoms with Crippen molar-refractivity contribution >= 4 is 23.4 Å². The smallest absolute Gasteiger partial charge is 0.251 e. The Bertz CT molecular complexity index is 911. The van der Waals surface area contributed by atoms with Crippen LogP contribution >= 0.6 is 11.6 Å². The molecule has 0 unspecified atom stereocenters. The summed E-state index contributed by atoms with van der Waals surface area (Å²) in [5.41, 5.74) is 1.50. The first-order valence-corrected chi connectivity index (χ1v) is 11.5. The molecule has 2 atom stereocenters. The molecule has 1 aliphatic heterocycles. The van der Waals surface area contributed by atoms with E-state index < -0.39 is 6.04 Å². The number of halogens is 1. The highest BCUT2D eigenvalue weighted by atomic mass is 35.5. The number of amides is 2. The van der Waals surface area contributed by atoms with E-state index in [2.05, 4.69) is 15.5 Å². The van der Waals surface area contributed by atoms with Crippen LogP contribution in [0.15, 0.2) is 48.5 Å². The van der Waals surface area contributed by atoms with Crippen LogP contribution in [-0.4, -0.2) is 49.5 Å². The maximum atomic E-state index is 13.1. The van der Waals surface area contributed by atoms with Crippen molar-refractivity contribution in [3.63, 3.8) is 0 Å². The van der Waals surface area contributed by atoms with E-state index in [0.717, 1.165) is 31.5 Å². The zero-order valence-corrected chi connectivity index (χ0v) is 19.7. The zero-order chi connectivity index (χ0) is 23.1. The van der Waals surface area contributed by atoms with Gasteiger partial charge in [-0.05, 0) is 67.7 Å². The van der Waals surface area contributed by atoms with Crippen molar-refractivity contribution in [1.82, 2.24) is 15.5 Å². The molecule has 0 bridgehead atoms. The van der Waals surface area contributed by atoms with Gasteiger partial charge < -0.3 is 15.4 Å². The maximum absolute atomic E-state index is 13.1. The predicted molar refractivity (Wildman–Crippen MR) is 127 cm³/mol. The molecule has 6 nitrogen and oxygen atoms in total. The third-order valence-corrected chi connectivity index (χ3v) is 6.25. The summed E-state index contributed by atoms with van der Waals surface area (Å²) in [6.07, 6.45) is 2.28. The van der Waals surface area contributed by atoms with Crippen LogP contribution in [0.2, 0.25) is 5.02 Å². The van der Waals surface area contributed by atoms with E-state index in [1.165, 1.54) is 0 Å². The number of ether oxygens (including phenoxy) is 1. The fourth-order valence-corrected chi connectivity index (χ4v) is 4.31. The second-order valence-corrected chi connectivity index (χ2v) is 8.86. The van der Waals surface area contributed by atoms with Gasteiger partial charge in [0, 0.05) is 17.1 Å². The van der Waals surface area contributed by atoms with Crippen LogP contribution in [0.4, 0.5) is 0 Å². The molecule has 1 saturated heterocycles. The van der Waals surface area contributed by atoms with E-state index in [9.17, 15) is 9.59 Å². The lowest BCUT2D eigenvalue weighted by molar-refractivity contribution is -0.124. The van der Waals surface area contributed by atoms with Crippen molar-refractivity contribution in [1.29, 1.82) is 0 Å². The summed E-state index contributed by atoms with van der Waals surface area (Å²) in [4.78, 5) is 28.2. The molecule has 0 radical (unpaired) electrons. The zero-order valence-electron chi connectivity index (χ0n) is 18.9. The van der Waals surface area contributed by atoms with Crippen molar-refractivity contribution in [2.45, 2.75) is 38.8 Å². The Morgan fingerprint density at radius 2 is 1.72 bits per heavy atom. The molecule has 0 saturated carbocycles. The van der Waals surface area contributed by atoms with Gasteiger partial charge in [-0.3, -0.25) is 14.5 Å². The minimum Gasteiger partial charge on any atom is -0.497 e. The first kappa shape index (κ1) is 24.1. The van der Waals surface area contributed by atoms with Gasteiger partial charge in [-0.15, -0.1) is 0 Å². The molecule has 0 aliphatic carbocycles. The molecule has 3 rings (SSSR count). The van der Waals surface area contributed by atoms with Crippen LogP contribution in [0.5, 0.6) is 5.75 Å². The van der Waals surface area contributed by atoms with Gasteiger partial charge in [-0.2, -0.15) is 0 Å². The number of carbonyl (C=O) groups excluding carboxylic acids is 2. The maximum Gasteiger partial charge on any atom is 0.251 e. The average Bonchev–Trinajstić information content (AvgIpc) is 3.33. The Kier molecular flexibility index (Phi) is 8.53. The lowest BCUT2D eigenvalue weighted by Crippen LogP contribution is -2.51. The first-order valence-electron chi connectivity index (χ1n) is 11.1. The molecule has 32 heavy (non-hydrogen) atoms. The Labute approximate surface area is 195 Å². The van der Waals surface area contributed by atoms with Gasteiger partial charge in [0.05, 0.1) is 13.2 Å². The number of hydrogen-bond acceptors (Lipinski definition) is 4. The Hall–Kier alpha value is -2.57. The molecule has 2 aromatic carbocycles. The number of likely N-dealkylation sites (tertiary alicyclic amines) is 1. The highest BCUT2D eigenvalue weighted by Gasteiger charge is 2.29. The lowest BCUT2D eigenvalue weighted by Gasteiger charge is -2.30. The van der Waals surface area contributed by atoms with Crippen molar-refractivity contribution in [3.05, 3.63) is 64.7 Å². The third-order valence-electron chi connectivity index (χ3n) is 5.90. The van der Waals surface area contributed by atoms with Crippen molar-refractivity contribution < 1.29 is 14.3 Å². The molecule has 0 aromatic heterocycles. The molecular weight excluding hydrogens is 426 g/mol. The monoisotopic (exact) mass is 457 g/mol. The van der Waals surface area contributed by atoms with E-state index >= 15 is 0 Å². The van der Waals surface area contributed by atoms with Gasteiger partial charge in [0.1, 0.15) is 11.8 Å². The molecule has 172 valence electrons. The van der Waals surface area contributed by atoms with Crippen LogP contribution in [-0.2, 0) is 4.79 Å². The number of nitrogens with one attached hydrogen (secondary N) is 2. The number of carbonyl (C=O) groups is 2. The summed E-state index contributed by atoms with van der Waals surface area (Å²) >= 11 is 6.48. The first-order chi connectivity index (χ1) is 15.4. The second-order valence-electron chi connectivity index (χ2n) is 8.45. The summed E-state index contributed by atoms with van der Waals surface area (Å²) in [6, 6.07) is 14.0. The molecule has 1 fully saturated rings. The molecule has 2 amide bonds. The normalized spacial score (nSPS) is 15.9. The van der Waals surface area contributed by atoms with E-state index in [1.54, 1.807) is 31.4 Å². The highest BCUT2D eigenvalue weighted by Crippen LogP contribution is 2.29. The van der Waals surface area contributed by atoms with E-state index in [4.69, 9.17) is 16.3 Å². The van der Waals surface area contributed by atoms with Crippen LogP contribution in [0.1, 0.15) is 48.7 Å². The van der Waals surface area contributed by atoms with Gasteiger partial charge >= 0.3 is 0 Å². The number of nitrogens with zero attached hydrogens (tertiary/aromatic N) is 1. The number of methoxy groups -OCH3 is 1. The fraction of sp³-hybridized carbons (Fsp3) is 0.440. The summed E-state index contributed by atoms with van der Waals surface area (Å²) in [5, 5.41) is 6.65. The quantitative estimate of drug-likeness (QED) is 0.595. The average molecular weight is 458 g/mol. The molecule has 1 heterocycles. The topological polar surface area (TPSA) is 70.7 Å². The highest BCUT2D eigenvalue weighted by molar-refractivity contribution is 6.31. The fourth-order valence-electron chi connectivity index (χ4n) is 4.04. The summed E-state index contributed by atoms with van der Waals surface area (Å²) in [5.74, 6) is 0.122. The predicted octanol–water partition coefficient (Wildman–Crippen LogP) is 4.06. The van der Waals surface area contributed by atoms with Crippen molar-refractivity contribution in [3.8, 4) is 5.75 Å². The minimum atomic E-state index is -0.643. The molecule has 1 aliphatic rings. The second kappa shape index (κ2) is 11.3. The third kappa shape index (κ3) is 6.02. The Balaban J connectivity index is 1.68. The van der Waals surface area contributed by atoms with Gasteiger partial charge in [-0.1, -0.05) is 43.6 Å². The number of benzene rings is 2. The largest absolute Gasteiger partial charge is 0.497 e. The summed E-state index contributed by atoms with van der Waals surface area (Å²) in [7, 11) is 1.58. The summed E-state index contributed by atoms with van der Waals surface area (Å²) in [6.45, 7) is 6.24. The van der Waals surface area contributed by atoms with Gasteiger partial charge in [-0.25, -0.2) is 0 Å². The van der Waals surface area contributed by atoms with E-state index in [0.29, 0.717) is 22.9 Å². The Morgan fingerprint density at radius 3 is 2.31 bits per heavy atom. The van der Waals surface area contributed by atoms with Crippen LogP contribution in [0.25, 0.3) is 0 Å². The van der Waals surface area contributed by atoms with Crippen molar-refractivity contribution in [2.24, 2.45) is 5.92 Å². The van der Waals surface area contributed by atoms with Gasteiger partial charge in [0.25, 0.3) is 5.91 Å². The van der Waals surface area contributed by atoms with Crippen LogP contribution in [0.3, 0.4) is 0 Å². The van der Waals surface area contributed by atoms with Gasteiger partial charge in [0.15, 0.2) is 0 Å². The standard InChI is InChI=1S/C25H32ClN3O3/c1-17(2)23(28-24(30)18-10-12-19(32-3)13-11-18)25(31)27-16-22(29-14-6-7-15-29)20-8-4-5-9-21(20)26/h4-5,8-13,17,22-23H,6-7,14-16H2,1-3H3,(H,27,31)(H,28,30)/t22-,23-/m1/s1. The van der Waals surface area contributed by atoms with E-state index in [1.807, 2.05) is 38.1 Å². The Morgan fingerprint density at radius 1 is 1.06 bits per heavy atom. The molecule has 0 spiro atoms. The van der Waals surface area contributed by atoms with Gasteiger partial charge in [0.2, 0.25) is 5.91 Å². The number of rotatable bonds is 9. The summed E-state index contributed by atoms with van der Waals surface area (Å²) < 4.78 is 5.14. The number of hydrogen-bond donors (Lipinski definition) is 2. The molecular formula is C25H32ClN3O3. The van der Waals surface area contributed by atoms with Crippen LogP contribution < -0.4 is 15.4 Å².